The molecule has 0 spiro atoms. The molecular weight excluding hydrogens is 240 g/mol. The molecule has 1 aliphatic carbocycles. The van der Waals surface area contributed by atoms with Crippen molar-refractivity contribution in [3.8, 4) is 0 Å². The second-order valence-electron chi connectivity index (χ2n) is 6.13. The Labute approximate surface area is 125 Å². The van der Waals surface area contributed by atoms with Gasteiger partial charge in [0.15, 0.2) is 0 Å². The summed E-state index contributed by atoms with van der Waals surface area (Å²) in [4.78, 5) is 0. The summed E-state index contributed by atoms with van der Waals surface area (Å²) in [7, 11) is 0. The van der Waals surface area contributed by atoms with Gasteiger partial charge in [-0.1, -0.05) is 51.7 Å². The Kier molecular flexibility index (Phi) is 5.80. The molecule has 110 valence electrons. The molecule has 0 aliphatic heterocycles. The van der Waals surface area contributed by atoms with Crippen LogP contribution in [0.2, 0.25) is 0 Å². The molecule has 0 saturated carbocycles. The molecule has 0 radical (unpaired) electrons. The van der Waals surface area contributed by atoms with E-state index < -0.39 is 0 Å². The highest BCUT2D eigenvalue weighted by molar-refractivity contribution is 5.50. The summed E-state index contributed by atoms with van der Waals surface area (Å²) in [5, 5.41) is 0. The normalized spacial score (nSPS) is 21.9. The third-order valence-electron chi connectivity index (χ3n) is 4.41. The molecule has 2 unspecified atom stereocenters. The lowest BCUT2D eigenvalue weighted by Gasteiger charge is -2.30. The van der Waals surface area contributed by atoms with E-state index in [9.17, 15) is 0 Å². The molecule has 0 aromatic heterocycles. The molecule has 2 atom stereocenters. The highest BCUT2D eigenvalue weighted by Gasteiger charge is 2.24. The Bertz CT molecular complexity index is 490. The molecular formula is C20H30. The van der Waals surface area contributed by atoms with E-state index in [0.717, 1.165) is 12.8 Å². The van der Waals surface area contributed by atoms with Crippen molar-refractivity contribution in [2.75, 3.05) is 0 Å². The molecule has 0 nitrogen and oxygen atoms in total. The quantitative estimate of drug-likeness (QED) is 0.507. The minimum absolute atomic E-state index is 0.404. The third kappa shape index (κ3) is 3.42. The summed E-state index contributed by atoms with van der Waals surface area (Å²) < 4.78 is 0. The molecule has 0 bridgehead atoms. The van der Waals surface area contributed by atoms with Gasteiger partial charge in [0.1, 0.15) is 0 Å². The second-order valence-corrected chi connectivity index (χ2v) is 6.13. The van der Waals surface area contributed by atoms with Gasteiger partial charge in [0.2, 0.25) is 0 Å². The van der Waals surface area contributed by atoms with Gasteiger partial charge in [-0.2, -0.15) is 0 Å². The topological polar surface area (TPSA) is 0 Å². The van der Waals surface area contributed by atoms with E-state index in [-0.39, 0.29) is 0 Å². The van der Waals surface area contributed by atoms with Crippen molar-refractivity contribution in [1.29, 1.82) is 0 Å². The van der Waals surface area contributed by atoms with Crippen LogP contribution in [-0.4, -0.2) is 0 Å². The van der Waals surface area contributed by atoms with Gasteiger partial charge in [-0.15, -0.1) is 0 Å². The first kappa shape index (κ1) is 16.8. The molecule has 0 aromatic rings. The van der Waals surface area contributed by atoms with E-state index in [4.69, 9.17) is 0 Å². The lowest BCUT2D eigenvalue weighted by Crippen LogP contribution is -2.17. The van der Waals surface area contributed by atoms with Crippen molar-refractivity contribution in [3.05, 3.63) is 58.7 Å². The van der Waals surface area contributed by atoms with E-state index in [0.29, 0.717) is 11.8 Å². The van der Waals surface area contributed by atoms with Gasteiger partial charge in [-0.05, 0) is 67.4 Å². The van der Waals surface area contributed by atoms with Gasteiger partial charge in [0.25, 0.3) is 0 Å². The van der Waals surface area contributed by atoms with Crippen molar-refractivity contribution in [3.63, 3.8) is 0 Å². The summed E-state index contributed by atoms with van der Waals surface area (Å²) in [6.07, 6.45) is 6.84. The molecule has 0 amide bonds. The molecule has 1 aliphatic rings. The summed E-state index contributed by atoms with van der Waals surface area (Å²) in [5.74, 6) is 0.915. The highest BCUT2D eigenvalue weighted by atomic mass is 14.3. The van der Waals surface area contributed by atoms with E-state index >= 15 is 0 Å². The van der Waals surface area contributed by atoms with Crippen LogP contribution in [0, 0.1) is 11.8 Å². The summed E-state index contributed by atoms with van der Waals surface area (Å²) in [5.41, 5.74) is 8.03. The average Bonchev–Trinajstić information content (AvgIpc) is 2.38. The minimum atomic E-state index is 0.404. The number of allylic oxidation sites excluding steroid dienone is 8. The molecule has 1 rings (SSSR count). The SMILES string of the molecule is C=C(CC)C1=CC(C(=C)C(CC)=C(C)C)C(C)C=C1C. The van der Waals surface area contributed by atoms with Crippen LogP contribution in [0.5, 0.6) is 0 Å². The van der Waals surface area contributed by atoms with Gasteiger partial charge in [0.05, 0.1) is 0 Å². The van der Waals surface area contributed by atoms with E-state index in [1.165, 1.54) is 33.4 Å². The molecule has 0 saturated heterocycles. The third-order valence-corrected chi connectivity index (χ3v) is 4.41. The summed E-state index contributed by atoms with van der Waals surface area (Å²) in [6, 6.07) is 0. The monoisotopic (exact) mass is 270 g/mol. The molecule has 0 fully saturated rings. The molecule has 0 N–H and O–H groups in total. The maximum Gasteiger partial charge on any atom is 0.00843 e. The van der Waals surface area contributed by atoms with E-state index in [2.05, 4.69) is 66.9 Å². The number of hydrogen-bond donors (Lipinski definition) is 0. The zero-order valence-electron chi connectivity index (χ0n) is 14.1. The van der Waals surface area contributed by atoms with E-state index in [1.807, 2.05) is 0 Å². The van der Waals surface area contributed by atoms with Crippen LogP contribution in [0.25, 0.3) is 0 Å². The Balaban J connectivity index is 3.19. The molecule has 0 heteroatoms. The zero-order chi connectivity index (χ0) is 15.4. The lowest BCUT2D eigenvalue weighted by atomic mass is 9.75. The predicted octanol–water partition coefficient (Wildman–Crippen LogP) is 6.39. The van der Waals surface area contributed by atoms with Crippen molar-refractivity contribution in [2.24, 2.45) is 11.8 Å². The molecule has 0 aromatic carbocycles. The van der Waals surface area contributed by atoms with Gasteiger partial charge < -0.3 is 0 Å². The minimum Gasteiger partial charge on any atom is -0.0952 e. The van der Waals surface area contributed by atoms with Crippen LogP contribution >= 0.6 is 0 Å². The fourth-order valence-corrected chi connectivity index (χ4v) is 3.16. The van der Waals surface area contributed by atoms with Crippen LogP contribution < -0.4 is 0 Å². The first-order chi connectivity index (χ1) is 9.33. The maximum atomic E-state index is 4.40. The van der Waals surface area contributed by atoms with Crippen LogP contribution in [0.15, 0.2) is 58.7 Å². The Morgan fingerprint density at radius 1 is 1.10 bits per heavy atom. The predicted molar refractivity (Wildman–Crippen MR) is 91.7 cm³/mol. The Morgan fingerprint density at radius 2 is 1.70 bits per heavy atom. The van der Waals surface area contributed by atoms with Crippen LogP contribution in [0.1, 0.15) is 54.4 Å². The maximum absolute atomic E-state index is 4.40. The number of rotatable bonds is 5. The summed E-state index contributed by atoms with van der Waals surface area (Å²) >= 11 is 0. The van der Waals surface area contributed by atoms with Gasteiger partial charge in [0, 0.05) is 5.92 Å². The first-order valence-corrected chi connectivity index (χ1v) is 7.77. The smallest absolute Gasteiger partial charge is 0.00843 e. The van der Waals surface area contributed by atoms with Crippen LogP contribution in [0.3, 0.4) is 0 Å². The Hall–Kier alpha value is -1.30. The van der Waals surface area contributed by atoms with Crippen molar-refractivity contribution < 1.29 is 0 Å². The van der Waals surface area contributed by atoms with E-state index in [1.54, 1.807) is 0 Å². The fraction of sp³-hybridized carbons (Fsp3) is 0.500. The Morgan fingerprint density at radius 3 is 2.15 bits per heavy atom. The van der Waals surface area contributed by atoms with Crippen LogP contribution in [-0.2, 0) is 0 Å². The van der Waals surface area contributed by atoms with Crippen molar-refractivity contribution >= 4 is 0 Å². The van der Waals surface area contributed by atoms with Gasteiger partial charge in [-0.3, -0.25) is 0 Å². The van der Waals surface area contributed by atoms with Gasteiger partial charge in [-0.25, -0.2) is 0 Å². The van der Waals surface area contributed by atoms with Crippen molar-refractivity contribution in [2.45, 2.75) is 54.4 Å². The van der Waals surface area contributed by atoms with Crippen LogP contribution in [0.4, 0.5) is 0 Å². The fourth-order valence-electron chi connectivity index (χ4n) is 3.16. The molecule has 0 heterocycles. The second kappa shape index (κ2) is 6.92. The molecule has 20 heavy (non-hydrogen) atoms. The number of hydrogen-bond acceptors (Lipinski definition) is 0. The summed E-state index contributed by atoms with van der Waals surface area (Å²) in [6.45, 7) is 21.9. The van der Waals surface area contributed by atoms with Gasteiger partial charge >= 0.3 is 0 Å². The standard InChI is InChI=1S/C20H30/c1-9-14(5)19-12-20(16(7)11-15(19)6)17(8)18(10-2)13(3)4/h11-12,16,20H,5,8-10H2,1-4,6-7H3. The van der Waals surface area contributed by atoms with Crippen molar-refractivity contribution in [1.82, 2.24) is 0 Å². The average molecular weight is 270 g/mol. The highest BCUT2D eigenvalue weighted by Crippen LogP contribution is 2.38. The largest absolute Gasteiger partial charge is 0.0952 e. The first-order valence-electron chi connectivity index (χ1n) is 7.77. The zero-order valence-corrected chi connectivity index (χ0v) is 14.1. The lowest BCUT2D eigenvalue weighted by molar-refractivity contribution is 0.570.